The van der Waals surface area contributed by atoms with Gasteiger partial charge in [0.2, 0.25) is 0 Å². The molecule has 0 spiro atoms. The van der Waals surface area contributed by atoms with Crippen molar-refractivity contribution in [3.63, 3.8) is 0 Å². The van der Waals surface area contributed by atoms with E-state index < -0.39 is 4.92 Å². The van der Waals surface area contributed by atoms with Crippen LogP contribution in [0.1, 0.15) is 41.3 Å². The number of aromatic nitrogens is 2. The van der Waals surface area contributed by atoms with Gasteiger partial charge in [-0.2, -0.15) is 0 Å². The number of nitrogens with zero attached hydrogens (tertiary/aromatic N) is 4. The summed E-state index contributed by atoms with van der Waals surface area (Å²) in [6, 6.07) is 4.88. The van der Waals surface area contributed by atoms with Crippen molar-refractivity contribution in [2.45, 2.75) is 39.2 Å². The Bertz CT molecular complexity index is 838. The van der Waals surface area contributed by atoms with Crippen LogP contribution in [-0.2, 0) is 6.42 Å². The number of carbonyl (C=O) groups excluding carboxylic acids is 1. The largest absolute Gasteiger partial charge is 0.458 e. The number of carbonyl (C=O) groups is 1. The number of likely N-dealkylation sites (tertiary alicyclic amines) is 1. The molecule has 8 heteroatoms. The van der Waals surface area contributed by atoms with E-state index in [1.807, 2.05) is 6.92 Å². The fourth-order valence-electron chi connectivity index (χ4n) is 3.08. The summed E-state index contributed by atoms with van der Waals surface area (Å²) in [7, 11) is 0. The van der Waals surface area contributed by atoms with Crippen LogP contribution in [0, 0.1) is 17.0 Å². The number of benzene rings is 1. The highest BCUT2D eigenvalue weighted by molar-refractivity contribution is 5.95. The second-order valence-corrected chi connectivity index (χ2v) is 6.62. The molecule has 1 aromatic heterocycles. The molecule has 1 aromatic carbocycles. The van der Waals surface area contributed by atoms with E-state index in [-0.39, 0.29) is 17.7 Å². The van der Waals surface area contributed by atoms with Crippen LogP contribution in [0.4, 0.5) is 5.69 Å². The van der Waals surface area contributed by atoms with Gasteiger partial charge in [-0.05, 0) is 37.8 Å². The Morgan fingerprint density at radius 3 is 2.78 bits per heavy atom. The van der Waals surface area contributed by atoms with E-state index in [9.17, 15) is 14.9 Å². The van der Waals surface area contributed by atoms with Gasteiger partial charge in [0.1, 0.15) is 6.10 Å². The van der Waals surface area contributed by atoms with Crippen LogP contribution in [0.15, 0.2) is 30.6 Å². The molecule has 2 aromatic rings. The molecule has 0 radical (unpaired) electrons. The molecule has 0 saturated carbocycles. The smallest absolute Gasteiger partial charge is 0.316 e. The van der Waals surface area contributed by atoms with Crippen LogP contribution in [0.25, 0.3) is 0 Å². The molecule has 0 aliphatic carbocycles. The summed E-state index contributed by atoms with van der Waals surface area (Å²) in [5.74, 6) is -0.228. The van der Waals surface area contributed by atoms with Gasteiger partial charge in [0.15, 0.2) is 0 Å². The van der Waals surface area contributed by atoms with Crippen molar-refractivity contribution in [2.24, 2.45) is 0 Å². The number of nitro benzene ring substituents is 1. The highest BCUT2D eigenvalue weighted by Gasteiger charge is 2.27. The Kier molecular flexibility index (Phi) is 5.63. The van der Waals surface area contributed by atoms with Crippen molar-refractivity contribution in [3.8, 4) is 6.01 Å². The standard InChI is InChI=1S/C19H22N4O4/c1-3-14-10-20-19(21-11-14)27-16-5-4-8-22(12-16)18(24)15-7-6-13(2)17(9-15)23(25)26/h6-7,9-11,16H,3-5,8,12H2,1-2H3. The minimum absolute atomic E-state index is 0.0462. The fraction of sp³-hybridized carbons (Fsp3) is 0.421. The first-order chi connectivity index (χ1) is 13.0. The fourth-order valence-corrected chi connectivity index (χ4v) is 3.08. The maximum Gasteiger partial charge on any atom is 0.316 e. The first kappa shape index (κ1) is 18.8. The highest BCUT2D eigenvalue weighted by atomic mass is 16.6. The van der Waals surface area contributed by atoms with E-state index in [4.69, 9.17) is 4.74 Å². The maximum atomic E-state index is 12.8. The van der Waals surface area contributed by atoms with Gasteiger partial charge in [-0.3, -0.25) is 14.9 Å². The molecule has 1 saturated heterocycles. The average molecular weight is 370 g/mol. The van der Waals surface area contributed by atoms with Crippen LogP contribution in [-0.4, -0.2) is 44.9 Å². The summed E-state index contributed by atoms with van der Waals surface area (Å²) < 4.78 is 5.83. The Labute approximate surface area is 157 Å². The van der Waals surface area contributed by atoms with Gasteiger partial charge in [-0.25, -0.2) is 9.97 Å². The SMILES string of the molecule is CCc1cnc(OC2CCCN(C(=O)c3ccc(C)c([N+](=O)[O-])c3)C2)nc1. The minimum atomic E-state index is -0.467. The third kappa shape index (κ3) is 4.39. The predicted molar refractivity (Wildman–Crippen MR) is 98.8 cm³/mol. The van der Waals surface area contributed by atoms with Crippen molar-refractivity contribution < 1.29 is 14.5 Å². The summed E-state index contributed by atoms with van der Waals surface area (Å²) in [6.07, 6.45) is 5.72. The molecule has 8 nitrogen and oxygen atoms in total. The maximum absolute atomic E-state index is 12.8. The first-order valence-electron chi connectivity index (χ1n) is 8.99. The minimum Gasteiger partial charge on any atom is -0.458 e. The van der Waals surface area contributed by atoms with E-state index in [2.05, 4.69) is 9.97 Å². The number of hydrogen-bond donors (Lipinski definition) is 0. The summed E-state index contributed by atoms with van der Waals surface area (Å²) in [6.45, 7) is 4.68. The Morgan fingerprint density at radius 2 is 2.11 bits per heavy atom. The van der Waals surface area contributed by atoms with Gasteiger partial charge in [0, 0.05) is 36.1 Å². The van der Waals surface area contributed by atoms with Gasteiger partial charge in [-0.1, -0.05) is 13.0 Å². The van der Waals surface area contributed by atoms with Crippen LogP contribution in [0.3, 0.4) is 0 Å². The molecular weight excluding hydrogens is 348 g/mol. The van der Waals surface area contributed by atoms with Crippen LogP contribution in [0.2, 0.25) is 0 Å². The van der Waals surface area contributed by atoms with Crippen molar-refractivity contribution >= 4 is 11.6 Å². The summed E-state index contributed by atoms with van der Waals surface area (Å²) >= 11 is 0. The molecule has 1 fully saturated rings. The number of rotatable bonds is 5. The molecule has 2 heterocycles. The zero-order chi connectivity index (χ0) is 19.4. The molecule has 142 valence electrons. The number of aryl methyl sites for hydroxylation is 2. The second kappa shape index (κ2) is 8.11. The average Bonchev–Trinajstić information content (AvgIpc) is 2.68. The predicted octanol–water partition coefficient (Wildman–Crippen LogP) is 2.94. The lowest BCUT2D eigenvalue weighted by Gasteiger charge is -2.32. The Morgan fingerprint density at radius 1 is 1.37 bits per heavy atom. The van der Waals surface area contributed by atoms with Crippen LogP contribution >= 0.6 is 0 Å². The quantitative estimate of drug-likeness (QED) is 0.593. The van der Waals surface area contributed by atoms with Crippen molar-refractivity contribution in [1.82, 2.24) is 14.9 Å². The lowest BCUT2D eigenvalue weighted by atomic mass is 10.1. The molecule has 1 atom stereocenters. The second-order valence-electron chi connectivity index (χ2n) is 6.62. The molecule has 1 aliphatic heterocycles. The van der Waals surface area contributed by atoms with Gasteiger partial charge >= 0.3 is 6.01 Å². The van der Waals surface area contributed by atoms with E-state index >= 15 is 0 Å². The molecule has 1 unspecified atom stereocenters. The van der Waals surface area contributed by atoms with Crippen LogP contribution < -0.4 is 4.74 Å². The zero-order valence-corrected chi connectivity index (χ0v) is 15.4. The van der Waals surface area contributed by atoms with Gasteiger partial charge < -0.3 is 9.64 Å². The molecule has 1 amide bonds. The monoisotopic (exact) mass is 370 g/mol. The van der Waals surface area contributed by atoms with Crippen LogP contribution in [0.5, 0.6) is 6.01 Å². The normalized spacial score (nSPS) is 16.8. The van der Waals surface area contributed by atoms with E-state index in [0.717, 1.165) is 24.8 Å². The third-order valence-electron chi connectivity index (χ3n) is 4.68. The van der Waals surface area contributed by atoms with E-state index in [0.29, 0.717) is 30.2 Å². The number of piperidine rings is 1. The van der Waals surface area contributed by atoms with Gasteiger partial charge in [-0.15, -0.1) is 0 Å². The molecule has 27 heavy (non-hydrogen) atoms. The van der Waals surface area contributed by atoms with Gasteiger partial charge in [0.25, 0.3) is 11.6 Å². The molecule has 1 aliphatic rings. The third-order valence-corrected chi connectivity index (χ3v) is 4.68. The molecule has 3 rings (SSSR count). The van der Waals surface area contributed by atoms with Crippen molar-refractivity contribution in [1.29, 1.82) is 0 Å². The van der Waals surface area contributed by atoms with Gasteiger partial charge in [0.05, 0.1) is 11.5 Å². The molecule has 0 N–H and O–H groups in total. The van der Waals surface area contributed by atoms with Crippen molar-refractivity contribution in [2.75, 3.05) is 13.1 Å². The summed E-state index contributed by atoms with van der Waals surface area (Å²) in [4.78, 5) is 33.5. The summed E-state index contributed by atoms with van der Waals surface area (Å²) in [5, 5.41) is 11.1. The molecule has 0 bridgehead atoms. The topological polar surface area (TPSA) is 98.5 Å². The Balaban J connectivity index is 1.69. The number of amides is 1. The highest BCUT2D eigenvalue weighted by Crippen LogP contribution is 2.22. The first-order valence-corrected chi connectivity index (χ1v) is 8.99. The number of hydrogen-bond acceptors (Lipinski definition) is 6. The van der Waals surface area contributed by atoms with E-state index in [1.54, 1.807) is 36.4 Å². The number of nitro groups is 1. The zero-order valence-electron chi connectivity index (χ0n) is 15.4. The van der Waals surface area contributed by atoms with Crippen molar-refractivity contribution in [3.05, 3.63) is 57.4 Å². The lowest BCUT2D eigenvalue weighted by molar-refractivity contribution is -0.385. The summed E-state index contributed by atoms with van der Waals surface area (Å²) in [5.41, 5.74) is 1.83. The lowest BCUT2D eigenvalue weighted by Crippen LogP contribution is -2.44. The van der Waals surface area contributed by atoms with E-state index in [1.165, 1.54) is 6.07 Å². The number of ether oxygens (including phenoxy) is 1. The molecular formula is C19H22N4O4. The Hall–Kier alpha value is -3.03.